The molecule has 0 radical (unpaired) electrons. The molecule has 0 bridgehead atoms. The van der Waals surface area contributed by atoms with E-state index in [9.17, 15) is 9.59 Å². The van der Waals surface area contributed by atoms with E-state index in [1.807, 2.05) is 36.4 Å². The summed E-state index contributed by atoms with van der Waals surface area (Å²) in [5.74, 6) is -0.279. The molecule has 1 saturated carbocycles. The van der Waals surface area contributed by atoms with E-state index in [0.29, 0.717) is 16.8 Å². The number of allylic oxidation sites excluding steroid dienone is 2. The van der Waals surface area contributed by atoms with E-state index in [2.05, 4.69) is 5.32 Å². The zero-order chi connectivity index (χ0) is 17.5. The first-order chi connectivity index (χ1) is 12.2. The third kappa shape index (κ3) is 4.66. The molecule has 128 valence electrons. The second-order valence-electron chi connectivity index (χ2n) is 6.46. The van der Waals surface area contributed by atoms with Gasteiger partial charge in [-0.1, -0.05) is 79.9 Å². The summed E-state index contributed by atoms with van der Waals surface area (Å²) in [6.07, 6.45) is 7.11. The summed E-state index contributed by atoms with van der Waals surface area (Å²) in [6, 6.07) is 18.4. The molecule has 25 heavy (non-hydrogen) atoms. The summed E-state index contributed by atoms with van der Waals surface area (Å²) in [6.45, 7) is 0. The van der Waals surface area contributed by atoms with Gasteiger partial charge >= 0.3 is 0 Å². The summed E-state index contributed by atoms with van der Waals surface area (Å²) >= 11 is 0. The van der Waals surface area contributed by atoms with Crippen LogP contribution in [0, 0.1) is 0 Å². The summed E-state index contributed by atoms with van der Waals surface area (Å²) in [7, 11) is 0. The Morgan fingerprint density at radius 1 is 0.800 bits per heavy atom. The van der Waals surface area contributed by atoms with E-state index in [1.54, 1.807) is 24.3 Å². The Labute approximate surface area is 148 Å². The molecule has 0 aromatic heterocycles. The molecule has 0 spiro atoms. The van der Waals surface area contributed by atoms with Gasteiger partial charge in [0.25, 0.3) is 0 Å². The van der Waals surface area contributed by atoms with Crippen molar-refractivity contribution in [2.24, 2.45) is 0 Å². The molecule has 3 heteroatoms. The molecule has 1 aliphatic rings. The maximum absolute atomic E-state index is 12.9. The molecule has 3 nitrogen and oxygen atoms in total. The highest BCUT2D eigenvalue weighted by atomic mass is 16.1. The SMILES string of the molecule is O=C(C=C(NC1CCCCC1)C(=O)c1ccccc1)c1ccccc1. The van der Waals surface area contributed by atoms with E-state index < -0.39 is 0 Å². The zero-order valence-electron chi connectivity index (χ0n) is 14.3. The van der Waals surface area contributed by atoms with Gasteiger partial charge in [-0.25, -0.2) is 0 Å². The van der Waals surface area contributed by atoms with Crippen molar-refractivity contribution in [3.05, 3.63) is 83.6 Å². The quantitative estimate of drug-likeness (QED) is 0.623. The van der Waals surface area contributed by atoms with Crippen LogP contribution >= 0.6 is 0 Å². The third-order valence-corrected chi connectivity index (χ3v) is 4.58. The summed E-state index contributed by atoms with van der Waals surface area (Å²) < 4.78 is 0. The summed E-state index contributed by atoms with van der Waals surface area (Å²) in [5, 5.41) is 3.35. The lowest BCUT2D eigenvalue weighted by molar-refractivity contribution is 0.0998. The molecular formula is C22H23NO2. The molecule has 2 aromatic rings. The largest absolute Gasteiger partial charge is 0.379 e. The number of hydrogen-bond acceptors (Lipinski definition) is 3. The fourth-order valence-electron chi connectivity index (χ4n) is 3.20. The number of nitrogens with one attached hydrogen (secondary N) is 1. The minimum Gasteiger partial charge on any atom is -0.379 e. The summed E-state index contributed by atoms with van der Waals surface area (Å²) in [5.41, 5.74) is 1.58. The van der Waals surface area contributed by atoms with Gasteiger partial charge in [0, 0.05) is 23.2 Å². The molecule has 0 heterocycles. The van der Waals surface area contributed by atoms with Gasteiger partial charge in [-0.15, -0.1) is 0 Å². The molecule has 1 N–H and O–H groups in total. The second-order valence-corrected chi connectivity index (χ2v) is 6.46. The second kappa shape index (κ2) is 8.43. The minimum absolute atomic E-state index is 0.129. The first kappa shape index (κ1) is 17.2. The smallest absolute Gasteiger partial charge is 0.208 e. The number of benzene rings is 2. The van der Waals surface area contributed by atoms with Crippen molar-refractivity contribution >= 4 is 11.6 Å². The number of rotatable bonds is 6. The highest BCUT2D eigenvalue weighted by Crippen LogP contribution is 2.19. The van der Waals surface area contributed by atoms with Crippen LogP contribution in [0.25, 0.3) is 0 Å². The van der Waals surface area contributed by atoms with Crippen LogP contribution in [0.1, 0.15) is 52.8 Å². The van der Waals surface area contributed by atoms with Gasteiger partial charge in [-0.3, -0.25) is 9.59 Å². The predicted molar refractivity (Wildman–Crippen MR) is 99.6 cm³/mol. The van der Waals surface area contributed by atoms with Crippen LogP contribution in [0.15, 0.2) is 72.4 Å². The number of ketones is 2. The van der Waals surface area contributed by atoms with Crippen LogP contribution in [0.2, 0.25) is 0 Å². The Kier molecular flexibility index (Phi) is 5.78. The lowest BCUT2D eigenvalue weighted by atomic mass is 9.94. The third-order valence-electron chi connectivity index (χ3n) is 4.58. The first-order valence-electron chi connectivity index (χ1n) is 8.91. The number of carbonyl (C=O) groups is 2. The van der Waals surface area contributed by atoms with Gasteiger partial charge in [0.05, 0.1) is 5.70 Å². The van der Waals surface area contributed by atoms with Crippen molar-refractivity contribution in [1.29, 1.82) is 0 Å². The van der Waals surface area contributed by atoms with E-state index >= 15 is 0 Å². The normalized spacial score (nSPS) is 15.6. The van der Waals surface area contributed by atoms with Crippen LogP contribution in [0.5, 0.6) is 0 Å². The Morgan fingerprint density at radius 2 is 1.36 bits per heavy atom. The van der Waals surface area contributed by atoms with Crippen molar-refractivity contribution in [2.45, 2.75) is 38.1 Å². The van der Waals surface area contributed by atoms with Crippen molar-refractivity contribution < 1.29 is 9.59 Å². The average Bonchev–Trinajstić information content (AvgIpc) is 2.69. The lowest BCUT2D eigenvalue weighted by Gasteiger charge is -2.25. The predicted octanol–water partition coefficient (Wildman–Crippen LogP) is 4.56. The van der Waals surface area contributed by atoms with E-state index in [-0.39, 0.29) is 17.6 Å². The standard InChI is InChI=1S/C22H23NO2/c24-21(17-10-4-1-5-11-17)16-20(23-19-14-8-3-9-15-19)22(25)18-12-6-2-7-13-18/h1-2,4-7,10-13,16,19,23H,3,8-9,14-15H2. The monoisotopic (exact) mass is 333 g/mol. The fourth-order valence-corrected chi connectivity index (χ4v) is 3.20. The van der Waals surface area contributed by atoms with Crippen molar-refractivity contribution in [2.75, 3.05) is 0 Å². The van der Waals surface area contributed by atoms with Crippen LogP contribution < -0.4 is 5.32 Å². The Balaban J connectivity index is 1.86. The van der Waals surface area contributed by atoms with Gasteiger partial charge < -0.3 is 5.32 Å². The minimum atomic E-state index is -0.150. The number of carbonyl (C=O) groups excluding carboxylic acids is 2. The topological polar surface area (TPSA) is 46.2 Å². The van der Waals surface area contributed by atoms with Gasteiger partial charge in [-0.2, -0.15) is 0 Å². The van der Waals surface area contributed by atoms with E-state index in [4.69, 9.17) is 0 Å². The first-order valence-corrected chi connectivity index (χ1v) is 8.91. The molecule has 0 aliphatic heterocycles. The molecular weight excluding hydrogens is 310 g/mol. The van der Waals surface area contributed by atoms with Gasteiger partial charge in [0.2, 0.25) is 5.78 Å². The molecule has 0 saturated heterocycles. The Bertz CT molecular complexity index is 744. The molecule has 0 amide bonds. The highest BCUT2D eigenvalue weighted by molar-refractivity contribution is 6.14. The highest BCUT2D eigenvalue weighted by Gasteiger charge is 2.20. The van der Waals surface area contributed by atoms with Gasteiger partial charge in [0.15, 0.2) is 5.78 Å². The maximum Gasteiger partial charge on any atom is 0.208 e. The maximum atomic E-state index is 12.9. The van der Waals surface area contributed by atoms with Crippen LogP contribution in [-0.4, -0.2) is 17.6 Å². The van der Waals surface area contributed by atoms with E-state index in [1.165, 1.54) is 12.5 Å². The molecule has 3 rings (SSSR count). The Hall–Kier alpha value is -2.68. The lowest BCUT2D eigenvalue weighted by Crippen LogP contribution is -2.34. The molecule has 1 aliphatic carbocycles. The average molecular weight is 333 g/mol. The van der Waals surface area contributed by atoms with Crippen LogP contribution in [0.3, 0.4) is 0 Å². The van der Waals surface area contributed by atoms with Crippen molar-refractivity contribution in [1.82, 2.24) is 5.32 Å². The molecule has 1 fully saturated rings. The molecule has 0 atom stereocenters. The van der Waals surface area contributed by atoms with Crippen molar-refractivity contribution in [3.8, 4) is 0 Å². The summed E-state index contributed by atoms with van der Waals surface area (Å²) in [4.78, 5) is 25.5. The van der Waals surface area contributed by atoms with Crippen LogP contribution in [-0.2, 0) is 0 Å². The van der Waals surface area contributed by atoms with Crippen molar-refractivity contribution in [3.63, 3.8) is 0 Å². The number of Topliss-reactive ketones (excluding diaryl/α,β-unsaturated/α-hetero) is 1. The van der Waals surface area contributed by atoms with Crippen LogP contribution in [0.4, 0.5) is 0 Å². The molecule has 0 unspecified atom stereocenters. The Morgan fingerprint density at radius 3 is 1.96 bits per heavy atom. The van der Waals surface area contributed by atoms with Gasteiger partial charge in [0.1, 0.15) is 0 Å². The number of hydrogen-bond donors (Lipinski definition) is 1. The fraction of sp³-hybridized carbons (Fsp3) is 0.273. The van der Waals surface area contributed by atoms with Gasteiger partial charge in [-0.05, 0) is 12.8 Å². The molecule has 2 aromatic carbocycles. The zero-order valence-corrected chi connectivity index (χ0v) is 14.3. The van der Waals surface area contributed by atoms with E-state index in [0.717, 1.165) is 25.7 Å².